The third-order valence-electron chi connectivity index (χ3n) is 5.66. The van der Waals surface area contributed by atoms with Crippen molar-refractivity contribution in [2.45, 2.75) is 18.8 Å². The molecule has 4 N–H and O–H groups in total. The Morgan fingerprint density at radius 1 is 1.10 bits per heavy atom. The molecule has 31 heavy (non-hydrogen) atoms. The number of carbonyl (C=O) groups excluding carboxylic acids is 1. The monoisotopic (exact) mass is 416 g/mol. The highest BCUT2D eigenvalue weighted by Crippen LogP contribution is 2.31. The number of hydrogen-bond donors (Lipinski definition) is 4. The lowest BCUT2D eigenvalue weighted by molar-refractivity contribution is -0.140. The summed E-state index contributed by atoms with van der Waals surface area (Å²) >= 11 is 0. The van der Waals surface area contributed by atoms with Gasteiger partial charge in [0.05, 0.1) is 5.56 Å². The lowest BCUT2D eigenvalue weighted by Crippen LogP contribution is -2.32. The number of phenols is 1. The van der Waals surface area contributed by atoms with Gasteiger partial charge >= 0.3 is 5.97 Å². The molecule has 1 amide bonds. The molecule has 1 aliphatic heterocycles. The van der Waals surface area contributed by atoms with Crippen LogP contribution in [-0.2, 0) is 4.79 Å². The summed E-state index contributed by atoms with van der Waals surface area (Å²) in [5, 5.41) is 25.9. The van der Waals surface area contributed by atoms with E-state index in [1.807, 2.05) is 54.8 Å². The first kappa shape index (κ1) is 20.5. The normalized spacial score (nSPS) is 20.3. The third kappa shape index (κ3) is 4.53. The molecule has 2 atom stereocenters. The number of nitrogens with one attached hydrogen (secondary N) is 2. The van der Waals surface area contributed by atoms with E-state index in [4.69, 9.17) is 0 Å². The molecule has 6 heteroatoms. The van der Waals surface area contributed by atoms with Crippen molar-refractivity contribution < 1.29 is 19.8 Å². The third-order valence-corrected chi connectivity index (χ3v) is 5.66. The van der Waals surface area contributed by atoms with E-state index in [1.54, 1.807) is 18.2 Å². The van der Waals surface area contributed by atoms with Crippen LogP contribution >= 0.6 is 0 Å². The van der Waals surface area contributed by atoms with Crippen molar-refractivity contribution in [3.8, 4) is 5.75 Å². The minimum Gasteiger partial charge on any atom is -0.507 e. The van der Waals surface area contributed by atoms with Crippen molar-refractivity contribution in [2.24, 2.45) is 5.92 Å². The highest BCUT2D eigenvalue weighted by Gasteiger charge is 2.27. The maximum absolute atomic E-state index is 12.9. The Kier molecular flexibility index (Phi) is 5.89. The van der Waals surface area contributed by atoms with Gasteiger partial charge in [-0.3, -0.25) is 9.59 Å². The molecule has 1 heterocycles. The van der Waals surface area contributed by atoms with Gasteiger partial charge in [0.15, 0.2) is 0 Å². The van der Waals surface area contributed by atoms with Crippen molar-refractivity contribution in [3.05, 3.63) is 95.3 Å². The molecular weight excluding hydrogens is 392 g/mol. The van der Waals surface area contributed by atoms with E-state index in [2.05, 4.69) is 10.6 Å². The lowest BCUT2D eigenvalue weighted by atomic mass is 9.89. The molecular formula is C25H24N2O4. The molecule has 6 nitrogen and oxygen atoms in total. The Hall–Kier alpha value is -3.80. The van der Waals surface area contributed by atoms with Crippen LogP contribution in [0, 0.1) is 5.92 Å². The second-order valence-corrected chi connectivity index (χ2v) is 7.69. The number of benzene rings is 2. The molecule has 0 fully saturated rings. The number of aliphatic carboxylic acids is 1. The van der Waals surface area contributed by atoms with E-state index < -0.39 is 17.8 Å². The predicted molar refractivity (Wildman–Crippen MR) is 118 cm³/mol. The van der Waals surface area contributed by atoms with E-state index in [1.165, 1.54) is 0 Å². The number of carboxylic acids is 1. The topological polar surface area (TPSA) is 98.7 Å². The molecule has 0 saturated carbocycles. The highest BCUT2D eigenvalue weighted by molar-refractivity contribution is 5.99. The van der Waals surface area contributed by atoms with Gasteiger partial charge in [-0.1, -0.05) is 48.6 Å². The summed E-state index contributed by atoms with van der Waals surface area (Å²) < 4.78 is 0. The Morgan fingerprint density at radius 2 is 1.90 bits per heavy atom. The van der Waals surface area contributed by atoms with Crippen LogP contribution < -0.4 is 10.6 Å². The average Bonchev–Trinajstić information content (AvgIpc) is 2.80. The van der Waals surface area contributed by atoms with E-state index in [9.17, 15) is 19.8 Å². The number of amides is 1. The maximum Gasteiger partial charge on any atom is 0.312 e. The van der Waals surface area contributed by atoms with Crippen molar-refractivity contribution in [1.82, 2.24) is 10.6 Å². The number of carboxylic acid groups (broad SMARTS) is 1. The number of rotatable bonds is 5. The largest absolute Gasteiger partial charge is 0.507 e. The van der Waals surface area contributed by atoms with E-state index in [0.29, 0.717) is 5.70 Å². The van der Waals surface area contributed by atoms with E-state index in [-0.39, 0.29) is 23.7 Å². The van der Waals surface area contributed by atoms with Gasteiger partial charge in [-0.05, 0) is 54.0 Å². The van der Waals surface area contributed by atoms with E-state index in [0.717, 1.165) is 29.7 Å². The second-order valence-electron chi connectivity index (χ2n) is 7.69. The van der Waals surface area contributed by atoms with Crippen molar-refractivity contribution in [1.29, 1.82) is 0 Å². The molecule has 4 rings (SSSR count). The Bertz CT molecular complexity index is 1090. The van der Waals surface area contributed by atoms with Crippen molar-refractivity contribution in [2.75, 3.05) is 6.54 Å². The number of carbonyl (C=O) groups is 2. The number of phenolic OH excluding ortho intramolecular Hbond substituents is 1. The summed E-state index contributed by atoms with van der Waals surface area (Å²) in [6.07, 6.45) is 8.66. The predicted octanol–water partition coefficient (Wildman–Crippen LogP) is 3.78. The van der Waals surface area contributed by atoms with Gasteiger partial charge in [-0.2, -0.15) is 0 Å². The maximum atomic E-state index is 12.9. The van der Waals surface area contributed by atoms with Crippen LogP contribution in [0.3, 0.4) is 0 Å². The Morgan fingerprint density at radius 3 is 2.58 bits per heavy atom. The molecule has 0 aromatic heterocycles. The smallest absolute Gasteiger partial charge is 0.312 e. The first-order chi connectivity index (χ1) is 15.0. The zero-order chi connectivity index (χ0) is 21.8. The van der Waals surface area contributed by atoms with Gasteiger partial charge in [-0.25, -0.2) is 0 Å². The van der Waals surface area contributed by atoms with Crippen LogP contribution in [0.2, 0.25) is 0 Å². The van der Waals surface area contributed by atoms with Gasteiger partial charge < -0.3 is 20.8 Å². The van der Waals surface area contributed by atoms with Gasteiger partial charge in [0.25, 0.3) is 5.91 Å². The molecule has 2 aliphatic rings. The SMILES string of the molecule is O=C(NC1=CC(c2ccccc2)=CCC1C(=O)O)c1ccc(C2C=CNCC2)cc1O. The molecule has 0 spiro atoms. The number of hydrogen-bond acceptors (Lipinski definition) is 4. The molecule has 1 aliphatic carbocycles. The molecule has 0 bridgehead atoms. The standard InChI is InChI=1S/C25H24N2O4/c28-23-15-19(17-10-12-26-13-11-17)7-9-21(23)24(29)27-22-14-18(6-8-20(22)25(30)31)16-4-2-1-3-5-16/h1-7,9-10,12,14-15,17,20,26,28H,8,11,13H2,(H,27,29)(H,30,31). The van der Waals surface area contributed by atoms with Crippen LogP contribution in [0.25, 0.3) is 5.57 Å². The van der Waals surface area contributed by atoms with Crippen molar-refractivity contribution in [3.63, 3.8) is 0 Å². The summed E-state index contributed by atoms with van der Waals surface area (Å²) in [4.78, 5) is 24.6. The van der Waals surface area contributed by atoms with Crippen LogP contribution in [0.1, 0.15) is 40.2 Å². The van der Waals surface area contributed by atoms with Crippen LogP contribution in [0.15, 0.2) is 78.7 Å². The van der Waals surface area contributed by atoms with Crippen LogP contribution in [-0.4, -0.2) is 28.6 Å². The first-order valence-electron chi connectivity index (χ1n) is 10.3. The molecule has 0 radical (unpaired) electrons. The summed E-state index contributed by atoms with van der Waals surface area (Å²) in [6.45, 7) is 0.853. The fourth-order valence-corrected chi connectivity index (χ4v) is 3.94. The zero-order valence-corrected chi connectivity index (χ0v) is 16.9. The Balaban J connectivity index is 1.57. The van der Waals surface area contributed by atoms with Gasteiger partial charge in [0.2, 0.25) is 0 Å². The second kappa shape index (κ2) is 8.92. The number of allylic oxidation sites excluding steroid dienone is 4. The van der Waals surface area contributed by atoms with Gasteiger partial charge in [0.1, 0.15) is 11.7 Å². The van der Waals surface area contributed by atoms with Crippen molar-refractivity contribution >= 4 is 17.4 Å². The quantitative estimate of drug-likeness (QED) is 0.595. The summed E-state index contributed by atoms with van der Waals surface area (Å²) in [6, 6.07) is 14.6. The lowest BCUT2D eigenvalue weighted by Gasteiger charge is -2.22. The average molecular weight is 416 g/mol. The fraction of sp³-hybridized carbons (Fsp3) is 0.200. The number of aromatic hydroxyl groups is 1. The fourth-order valence-electron chi connectivity index (χ4n) is 3.94. The van der Waals surface area contributed by atoms with E-state index >= 15 is 0 Å². The minimum absolute atomic E-state index is 0.113. The minimum atomic E-state index is -1.01. The zero-order valence-electron chi connectivity index (χ0n) is 16.9. The van der Waals surface area contributed by atoms with Gasteiger partial charge in [0, 0.05) is 18.2 Å². The van der Waals surface area contributed by atoms with Crippen LogP contribution in [0.5, 0.6) is 5.75 Å². The van der Waals surface area contributed by atoms with Gasteiger partial charge in [-0.15, -0.1) is 0 Å². The Labute approximate surface area is 180 Å². The first-order valence-corrected chi connectivity index (χ1v) is 10.3. The molecule has 2 aromatic rings. The molecule has 158 valence electrons. The summed E-state index contributed by atoms with van der Waals surface area (Å²) in [5.74, 6) is -2.33. The highest BCUT2D eigenvalue weighted by atomic mass is 16.4. The summed E-state index contributed by atoms with van der Waals surface area (Å²) in [7, 11) is 0. The summed E-state index contributed by atoms with van der Waals surface area (Å²) in [5.41, 5.74) is 3.15. The molecule has 2 unspecified atom stereocenters. The van der Waals surface area contributed by atoms with Crippen LogP contribution in [0.4, 0.5) is 0 Å². The molecule has 0 saturated heterocycles. The molecule has 2 aromatic carbocycles.